The molecule has 2 fully saturated rings. The second kappa shape index (κ2) is 7.11. The van der Waals surface area contributed by atoms with E-state index in [2.05, 4.69) is 4.72 Å². The van der Waals surface area contributed by atoms with E-state index in [-0.39, 0.29) is 15.8 Å². The Hall–Kier alpha value is -0.960. The highest BCUT2D eigenvalue weighted by atomic mass is 32.2. The van der Waals surface area contributed by atoms with Crippen LogP contribution in [0.5, 0.6) is 0 Å². The van der Waals surface area contributed by atoms with Gasteiger partial charge in [-0.25, -0.2) is 21.6 Å². The van der Waals surface area contributed by atoms with Crippen LogP contribution in [0.1, 0.15) is 44.9 Å². The van der Waals surface area contributed by atoms with Crippen molar-refractivity contribution in [1.82, 2.24) is 9.03 Å². The molecule has 6 nitrogen and oxygen atoms in total. The van der Waals surface area contributed by atoms with Crippen LogP contribution in [0, 0.1) is 0 Å². The second-order valence-electron chi connectivity index (χ2n) is 6.54. The molecule has 1 aliphatic heterocycles. The van der Waals surface area contributed by atoms with Gasteiger partial charge in [0.15, 0.2) is 0 Å². The highest BCUT2D eigenvalue weighted by molar-refractivity contribution is 7.90. The van der Waals surface area contributed by atoms with Crippen molar-refractivity contribution in [1.29, 1.82) is 0 Å². The molecule has 1 saturated carbocycles. The molecular formula is C16H24N2O4S2. The molecule has 134 valence electrons. The van der Waals surface area contributed by atoms with Crippen LogP contribution in [-0.2, 0) is 20.0 Å². The van der Waals surface area contributed by atoms with Gasteiger partial charge in [0.1, 0.15) is 0 Å². The van der Waals surface area contributed by atoms with E-state index in [1.54, 1.807) is 0 Å². The number of rotatable bonds is 5. The van der Waals surface area contributed by atoms with Crippen molar-refractivity contribution in [3.05, 3.63) is 24.3 Å². The minimum Gasteiger partial charge on any atom is -0.208 e. The standard InChI is InChI=1S/C16H24N2O4S2/c19-23(20,17-14-7-2-3-8-14)15-9-6-10-16(13-15)24(21,22)18-11-4-1-5-12-18/h6,9-10,13-14,17H,1-5,7-8,11-12H2. The predicted molar refractivity (Wildman–Crippen MR) is 91.6 cm³/mol. The average molecular weight is 373 g/mol. The van der Waals surface area contributed by atoms with E-state index in [1.807, 2.05) is 0 Å². The summed E-state index contributed by atoms with van der Waals surface area (Å²) in [5.41, 5.74) is 0. The van der Waals surface area contributed by atoms with Gasteiger partial charge in [0.2, 0.25) is 20.0 Å². The smallest absolute Gasteiger partial charge is 0.208 e. The van der Waals surface area contributed by atoms with E-state index in [1.165, 1.54) is 28.6 Å². The number of nitrogens with one attached hydrogen (secondary N) is 1. The Bertz CT molecular complexity index is 778. The first-order valence-corrected chi connectivity index (χ1v) is 11.4. The van der Waals surface area contributed by atoms with Gasteiger partial charge in [0.05, 0.1) is 9.79 Å². The SMILES string of the molecule is O=S(=O)(NC1CCCC1)c1cccc(S(=O)(=O)N2CCCCC2)c1. The Labute approximate surface area is 144 Å². The second-order valence-corrected chi connectivity index (χ2v) is 10.2. The summed E-state index contributed by atoms with van der Waals surface area (Å²) in [5.74, 6) is 0. The summed E-state index contributed by atoms with van der Waals surface area (Å²) in [4.78, 5) is 0.0752. The molecule has 0 atom stereocenters. The topological polar surface area (TPSA) is 83.5 Å². The number of nitrogens with zero attached hydrogens (tertiary/aromatic N) is 1. The fourth-order valence-electron chi connectivity index (χ4n) is 3.39. The highest BCUT2D eigenvalue weighted by Gasteiger charge is 2.28. The van der Waals surface area contributed by atoms with Crippen LogP contribution in [0.15, 0.2) is 34.1 Å². The van der Waals surface area contributed by atoms with Crippen LogP contribution in [0.25, 0.3) is 0 Å². The molecular weight excluding hydrogens is 348 g/mol. The van der Waals surface area contributed by atoms with Gasteiger partial charge in [-0.3, -0.25) is 0 Å². The Balaban J connectivity index is 1.85. The maximum Gasteiger partial charge on any atom is 0.243 e. The molecule has 1 heterocycles. The fraction of sp³-hybridized carbons (Fsp3) is 0.625. The van der Waals surface area contributed by atoms with E-state index in [0.717, 1.165) is 44.9 Å². The van der Waals surface area contributed by atoms with Gasteiger partial charge < -0.3 is 0 Å². The molecule has 2 aliphatic rings. The predicted octanol–water partition coefficient (Wildman–Crippen LogP) is 2.08. The molecule has 1 N–H and O–H groups in total. The quantitative estimate of drug-likeness (QED) is 0.858. The molecule has 0 aromatic heterocycles. The summed E-state index contributed by atoms with van der Waals surface area (Å²) >= 11 is 0. The Morgan fingerprint density at radius 2 is 1.50 bits per heavy atom. The van der Waals surface area contributed by atoms with Crippen LogP contribution in [0.2, 0.25) is 0 Å². The summed E-state index contributed by atoms with van der Waals surface area (Å²) in [5, 5.41) is 0. The van der Waals surface area contributed by atoms with E-state index < -0.39 is 20.0 Å². The largest absolute Gasteiger partial charge is 0.243 e. The van der Waals surface area contributed by atoms with Crippen LogP contribution >= 0.6 is 0 Å². The zero-order valence-electron chi connectivity index (χ0n) is 13.6. The van der Waals surface area contributed by atoms with Crippen molar-refractivity contribution >= 4 is 20.0 Å². The third-order valence-electron chi connectivity index (χ3n) is 4.75. The maximum atomic E-state index is 12.7. The van der Waals surface area contributed by atoms with Gasteiger partial charge in [0, 0.05) is 19.1 Å². The van der Waals surface area contributed by atoms with Gasteiger partial charge in [0.25, 0.3) is 0 Å². The van der Waals surface area contributed by atoms with Crippen molar-refractivity contribution in [3.8, 4) is 0 Å². The van der Waals surface area contributed by atoms with Gasteiger partial charge >= 0.3 is 0 Å². The molecule has 1 aromatic rings. The summed E-state index contributed by atoms with van der Waals surface area (Å²) in [6, 6.07) is 5.66. The zero-order chi connectivity index (χ0) is 17.2. The Morgan fingerprint density at radius 3 is 2.17 bits per heavy atom. The number of piperidine rings is 1. The molecule has 0 unspecified atom stereocenters. The van der Waals surface area contributed by atoms with Gasteiger partial charge in [-0.05, 0) is 43.9 Å². The molecule has 0 amide bonds. The number of sulfonamides is 2. The zero-order valence-corrected chi connectivity index (χ0v) is 15.3. The number of hydrogen-bond donors (Lipinski definition) is 1. The van der Waals surface area contributed by atoms with Gasteiger partial charge in [-0.1, -0.05) is 25.3 Å². The van der Waals surface area contributed by atoms with Crippen molar-refractivity contribution in [2.45, 2.75) is 60.8 Å². The molecule has 0 bridgehead atoms. The average Bonchev–Trinajstić information content (AvgIpc) is 3.08. The van der Waals surface area contributed by atoms with E-state index in [0.29, 0.717) is 13.1 Å². The van der Waals surface area contributed by atoms with Crippen LogP contribution in [0.4, 0.5) is 0 Å². The molecule has 1 aromatic carbocycles. The van der Waals surface area contributed by atoms with Crippen LogP contribution in [-0.4, -0.2) is 40.3 Å². The molecule has 3 rings (SSSR count). The Kier molecular flexibility index (Phi) is 5.29. The van der Waals surface area contributed by atoms with Crippen LogP contribution in [0.3, 0.4) is 0 Å². The Morgan fingerprint density at radius 1 is 0.875 bits per heavy atom. The van der Waals surface area contributed by atoms with E-state index >= 15 is 0 Å². The van der Waals surface area contributed by atoms with Crippen LogP contribution < -0.4 is 4.72 Å². The monoisotopic (exact) mass is 372 g/mol. The minimum atomic E-state index is -3.69. The van der Waals surface area contributed by atoms with Gasteiger partial charge in [-0.15, -0.1) is 0 Å². The highest BCUT2D eigenvalue weighted by Crippen LogP contribution is 2.24. The summed E-state index contributed by atoms with van der Waals surface area (Å²) in [6.45, 7) is 0.999. The molecule has 0 radical (unpaired) electrons. The van der Waals surface area contributed by atoms with E-state index in [9.17, 15) is 16.8 Å². The summed E-state index contributed by atoms with van der Waals surface area (Å²) in [6.07, 6.45) is 6.45. The van der Waals surface area contributed by atoms with Crippen molar-refractivity contribution < 1.29 is 16.8 Å². The maximum absolute atomic E-state index is 12.7. The number of benzene rings is 1. The fourth-order valence-corrected chi connectivity index (χ4v) is 6.38. The first-order chi connectivity index (χ1) is 11.4. The van der Waals surface area contributed by atoms with Crippen molar-refractivity contribution in [3.63, 3.8) is 0 Å². The first kappa shape index (κ1) is 17.8. The van der Waals surface area contributed by atoms with Gasteiger partial charge in [-0.2, -0.15) is 4.31 Å². The lowest BCUT2D eigenvalue weighted by molar-refractivity contribution is 0.346. The minimum absolute atomic E-state index is 0.0208. The lowest BCUT2D eigenvalue weighted by Crippen LogP contribution is -2.36. The summed E-state index contributed by atoms with van der Waals surface area (Å²) in [7, 11) is -7.32. The summed E-state index contributed by atoms with van der Waals surface area (Å²) < 4.78 is 54.6. The molecule has 1 saturated heterocycles. The van der Waals surface area contributed by atoms with Crippen molar-refractivity contribution in [2.75, 3.05) is 13.1 Å². The van der Waals surface area contributed by atoms with E-state index in [4.69, 9.17) is 0 Å². The third kappa shape index (κ3) is 3.82. The normalized spacial score (nSPS) is 21.2. The molecule has 0 spiro atoms. The molecule has 24 heavy (non-hydrogen) atoms. The third-order valence-corrected chi connectivity index (χ3v) is 8.16. The lowest BCUT2D eigenvalue weighted by atomic mass is 10.2. The first-order valence-electron chi connectivity index (χ1n) is 8.52. The lowest BCUT2D eigenvalue weighted by Gasteiger charge is -2.26. The number of hydrogen-bond acceptors (Lipinski definition) is 4. The molecule has 1 aliphatic carbocycles. The molecule has 8 heteroatoms. The van der Waals surface area contributed by atoms with Crippen molar-refractivity contribution in [2.24, 2.45) is 0 Å².